The average Bonchev–Trinajstić information content (AvgIpc) is 2.70. The summed E-state index contributed by atoms with van der Waals surface area (Å²) in [6.07, 6.45) is 0.685. The number of aryl methyl sites for hydroxylation is 1. The van der Waals surface area contributed by atoms with E-state index in [4.69, 9.17) is 4.74 Å². The van der Waals surface area contributed by atoms with Crippen LogP contribution in [0, 0.1) is 18.8 Å². The number of thiophene rings is 1. The molecule has 1 nitrogen and oxygen atoms in total. The van der Waals surface area contributed by atoms with Crippen molar-refractivity contribution < 1.29 is 4.74 Å². The number of hydrogen-bond acceptors (Lipinski definition) is 2. The minimum absolute atomic E-state index is 0.325. The summed E-state index contributed by atoms with van der Waals surface area (Å²) in [5.41, 5.74) is 1.32. The lowest BCUT2D eigenvalue weighted by Crippen LogP contribution is -2.21. The summed E-state index contributed by atoms with van der Waals surface area (Å²) in [6, 6.07) is 2.27. The maximum absolute atomic E-state index is 5.93. The van der Waals surface area contributed by atoms with Crippen molar-refractivity contribution in [3.8, 4) is 0 Å². The van der Waals surface area contributed by atoms with Gasteiger partial charge >= 0.3 is 0 Å². The third kappa shape index (κ3) is 2.65. The fourth-order valence-electron chi connectivity index (χ4n) is 2.61. The van der Waals surface area contributed by atoms with E-state index in [1.165, 1.54) is 14.2 Å². The summed E-state index contributed by atoms with van der Waals surface area (Å²) in [5.74, 6) is 1.14. The van der Waals surface area contributed by atoms with E-state index in [1.807, 2.05) is 11.3 Å². The van der Waals surface area contributed by atoms with E-state index < -0.39 is 0 Å². The molecule has 1 fully saturated rings. The summed E-state index contributed by atoms with van der Waals surface area (Å²) >= 11 is 9.31. The van der Waals surface area contributed by atoms with Crippen molar-refractivity contribution in [2.24, 2.45) is 11.8 Å². The molecule has 5 atom stereocenters. The summed E-state index contributed by atoms with van der Waals surface area (Å²) in [7, 11) is 0. The van der Waals surface area contributed by atoms with Crippen LogP contribution in [-0.4, -0.2) is 12.2 Å². The van der Waals surface area contributed by atoms with Crippen LogP contribution >= 0.6 is 43.2 Å². The molecule has 0 N–H and O–H groups in total. The van der Waals surface area contributed by atoms with Gasteiger partial charge in [0.15, 0.2) is 0 Å². The molecule has 0 bridgehead atoms. The Labute approximate surface area is 124 Å². The van der Waals surface area contributed by atoms with Crippen molar-refractivity contribution in [2.75, 3.05) is 0 Å². The fourth-order valence-corrected chi connectivity index (χ4v) is 5.54. The van der Waals surface area contributed by atoms with Crippen LogP contribution in [0.15, 0.2) is 9.85 Å². The molecule has 0 saturated carbocycles. The van der Waals surface area contributed by atoms with Gasteiger partial charge < -0.3 is 4.74 Å². The number of halogens is 2. The Kier molecular flexibility index (Phi) is 4.39. The molecule has 0 spiro atoms. The first-order valence-corrected chi connectivity index (χ1v) is 8.49. The highest BCUT2D eigenvalue weighted by Gasteiger charge is 2.41. The molecule has 4 heteroatoms. The van der Waals surface area contributed by atoms with Gasteiger partial charge in [0.1, 0.15) is 0 Å². The molecule has 0 aliphatic carbocycles. The van der Waals surface area contributed by atoms with Crippen LogP contribution in [0.25, 0.3) is 0 Å². The Hall–Kier alpha value is 0.620. The zero-order valence-corrected chi connectivity index (χ0v) is 14.5. The molecule has 2 rings (SSSR count). The molecule has 1 aliphatic heterocycles. The summed E-state index contributed by atoms with van der Waals surface area (Å²) in [6.45, 7) is 8.80. The Morgan fingerprint density at radius 1 is 1.29 bits per heavy atom. The molecule has 17 heavy (non-hydrogen) atoms. The predicted octanol–water partition coefficient (Wildman–Crippen LogP) is 5.31. The van der Waals surface area contributed by atoms with Crippen molar-refractivity contribution in [3.05, 3.63) is 20.3 Å². The van der Waals surface area contributed by atoms with Crippen molar-refractivity contribution in [2.45, 2.75) is 44.7 Å². The predicted molar refractivity (Wildman–Crippen MR) is 81.1 cm³/mol. The van der Waals surface area contributed by atoms with Gasteiger partial charge in [0.25, 0.3) is 0 Å². The third-order valence-electron chi connectivity index (χ3n) is 3.80. The fraction of sp³-hybridized carbons (Fsp3) is 0.692. The van der Waals surface area contributed by atoms with E-state index in [0.717, 1.165) is 0 Å². The lowest BCUT2D eigenvalue weighted by molar-refractivity contribution is 0.0511. The summed E-state index contributed by atoms with van der Waals surface area (Å²) in [5, 5.41) is 0. The van der Waals surface area contributed by atoms with Gasteiger partial charge in [0.05, 0.1) is 20.8 Å². The molecular formula is C13H18Br2OS. The highest BCUT2D eigenvalue weighted by molar-refractivity contribution is 9.11. The smallest absolute Gasteiger partial charge is 0.0730 e. The van der Waals surface area contributed by atoms with Crippen LogP contribution in [0.2, 0.25) is 0 Å². The first-order chi connectivity index (χ1) is 7.91. The molecule has 5 unspecified atom stereocenters. The van der Waals surface area contributed by atoms with Crippen LogP contribution in [0.4, 0.5) is 0 Å². The Morgan fingerprint density at radius 2 is 1.94 bits per heavy atom. The molecule has 1 saturated heterocycles. The molecule has 1 aromatic heterocycles. The first-order valence-electron chi connectivity index (χ1n) is 5.97. The Bertz CT molecular complexity index is 385. The van der Waals surface area contributed by atoms with Gasteiger partial charge in [-0.1, -0.05) is 22.9 Å². The largest absolute Gasteiger partial charge is 0.375 e. The molecule has 96 valence electrons. The molecule has 1 aliphatic rings. The second kappa shape index (κ2) is 5.32. The normalized spacial score (nSPS) is 35.2. The molecule has 1 aromatic rings. The van der Waals surface area contributed by atoms with Gasteiger partial charge in [-0.2, -0.15) is 0 Å². The first kappa shape index (κ1) is 14.0. The highest BCUT2D eigenvalue weighted by atomic mass is 79.9. The van der Waals surface area contributed by atoms with Crippen LogP contribution in [0.3, 0.4) is 0 Å². The van der Waals surface area contributed by atoms with Crippen LogP contribution in [0.5, 0.6) is 0 Å². The van der Waals surface area contributed by atoms with E-state index in [-0.39, 0.29) is 0 Å². The summed E-state index contributed by atoms with van der Waals surface area (Å²) < 4.78 is 7.17. The quantitative estimate of drug-likeness (QED) is 0.630. The SMILES string of the molecule is Cc1cc(C(Br)C2C(C)OC(C)C2C)sc1Br. The minimum atomic E-state index is 0.325. The highest BCUT2D eigenvalue weighted by Crippen LogP contribution is 2.47. The zero-order chi connectivity index (χ0) is 12.7. The molecular weight excluding hydrogens is 364 g/mol. The van der Waals surface area contributed by atoms with Crippen LogP contribution in [0.1, 0.15) is 36.0 Å². The maximum Gasteiger partial charge on any atom is 0.0730 e. The van der Waals surface area contributed by atoms with Gasteiger partial charge in [-0.3, -0.25) is 0 Å². The summed E-state index contributed by atoms with van der Waals surface area (Å²) in [4.78, 5) is 1.79. The van der Waals surface area contributed by atoms with Crippen LogP contribution < -0.4 is 0 Å². The van der Waals surface area contributed by atoms with Crippen molar-refractivity contribution in [3.63, 3.8) is 0 Å². The second-order valence-electron chi connectivity index (χ2n) is 4.99. The van der Waals surface area contributed by atoms with Gasteiger partial charge in [-0.15, -0.1) is 11.3 Å². The van der Waals surface area contributed by atoms with Gasteiger partial charge in [-0.25, -0.2) is 0 Å². The van der Waals surface area contributed by atoms with E-state index in [2.05, 4.69) is 65.6 Å². The second-order valence-corrected chi connectivity index (χ2v) is 8.38. The van der Waals surface area contributed by atoms with E-state index >= 15 is 0 Å². The lowest BCUT2D eigenvalue weighted by atomic mass is 9.86. The van der Waals surface area contributed by atoms with E-state index in [1.54, 1.807) is 0 Å². The standard InChI is InChI=1S/C13H18Br2OS/c1-6-5-10(17-13(6)15)12(14)11-7(2)8(3)16-9(11)4/h5,7-9,11-12H,1-4H3. The molecule has 0 radical (unpaired) electrons. The molecule has 0 amide bonds. The maximum atomic E-state index is 5.93. The van der Waals surface area contributed by atoms with Crippen LogP contribution in [-0.2, 0) is 4.74 Å². The minimum Gasteiger partial charge on any atom is -0.375 e. The van der Waals surface area contributed by atoms with Crippen molar-refractivity contribution >= 4 is 43.2 Å². The number of rotatable bonds is 2. The van der Waals surface area contributed by atoms with Gasteiger partial charge in [-0.05, 0) is 54.2 Å². The Balaban J connectivity index is 2.22. The number of ether oxygens (including phenoxy) is 1. The number of hydrogen-bond donors (Lipinski definition) is 0. The topological polar surface area (TPSA) is 9.23 Å². The third-order valence-corrected chi connectivity index (χ3v) is 7.43. The zero-order valence-electron chi connectivity index (χ0n) is 10.5. The average molecular weight is 382 g/mol. The van der Waals surface area contributed by atoms with E-state index in [0.29, 0.717) is 28.9 Å². The molecule has 2 heterocycles. The number of alkyl halides is 1. The molecule has 0 aromatic carbocycles. The lowest BCUT2D eigenvalue weighted by Gasteiger charge is -2.23. The monoisotopic (exact) mass is 380 g/mol. The van der Waals surface area contributed by atoms with Crippen molar-refractivity contribution in [1.29, 1.82) is 0 Å². The van der Waals surface area contributed by atoms with Gasteiger partial charge in [0, 0.05) is 10.8 Å². The van der Waals surface area contributed by atoms with Crippen molar-refractivity contribution in [1.82, 2.24) is 0 Å². The van der Waals surface area contributed by atoms with Gasteiger partial charge in [0.2, 0.25) is 0 Å². The Morgan fingerprint density at radius 3 is 2.35 bits per heavy atom. The van der Waals surface area contributed by atoms with E-state index in [9.17, 15) is 0 Å².